The molecule has 0 aromatic rings. The lowest BCUT2D eigenvalue weighted by Crippen LogP contribution is -2.25. The Labute approximate surface area is 90.5 Å². The summed E-state index contributed by atoms with van der Waals surface area (Å²) in [6, 6.07) is 1.15. The Balaban J connectivity index is 4.36. The summed E-state index contributed by atoms with van der Waals surface area (Å²) in [4.78, 5) is 0. The van der Waals surface area contributed by atoms with E-state index in [2.05, 4.69) is 50.2 Å². The first-order chi connectivity index (χ1) is 6.68. The first-order valence-corrected chi connectivity index (χ1v) is 8.39. The third-order valence-corrected chi connectivity index (χ3v) is 5.06. The Bertz CT molecular complexity index is 232. The van der Waals surface area contributed by atoms with Gasteiger partial charge in [-0.3, -0.25) is 0 Å². The van der Waals surface area contributed by atoms with Crippen LogP contribution in [0.5, 0.6) is 0 Å². The molecule has 0 atom stereocenters. The summed E-state index contributed by atoms with van der Waals surface area (Å²) in [6.07, 6.45) is 4.36. The van der Waals surface area contributed by atoms with Crippen molar-refractivity contribution in [3.8, 4) is 22.9 Å². The number of unbranched alkanes of at least 4 members (excludes halogenated alkanes) is 2. The molecule has 0 aromatic heterocycles. The molecular weight excluding hydrogens is 184 g/mol. The molecule has 0 bridgehead atoms. The zero-order valence-corrected chi connectivity index (χ0v) is 11.0. The standard InChI is InChI=1S/C13H22Si/c1-5-8-10-12-14(4,7-3)13-11-9-6-2/h5-9H2,1-4H3. The van der Waals surface area contributed by atoms with E-state index in [4.69, 9.17) is 0 Å². The van der Waals surface area contributed by atoms with E-state index in [0.717, 1.165) is 31.7 Å². The fraction of sp³-hybridized carbons (Fsp3) is 0.692. The third kappa shape index (κ3) is 5.89. The topological polar surface area (TPSA) is 0 Å². The van der Waals surface area contributed by atoms with Gasteiger partial charge in [0.15, 0.2) is 0 Å². The van der Waals surface area contributed by atoms with E-state index < -0.39 is 8.07 Å². The predicted molar refractivity (Wildman–Crippen MR) is 67.5 cm³/mol. The van der Waals surface area contributed by atoms with Gasteiger partial charge in [-0.2, -0.15) is 0 Å². The molecule has 0 aliphatic carbocycles. The van der Waals surface area contributed by atoms with Gasteiger partial charge < -0.3 is 0 Å². The fourth-order valence-electron chi connectivity index (χ4n) is 0.973. The summed E-state index contributed by atoms with van der Waals surface area (Å²) in [5.41, 5.74) is 6.84. The molecule has 0 saturated heterocycles. The van der Waals surface area contributed by atoms with Crippen LogP contribution < -0.4 is 0 Å². The van der Waals surface area contributed by atoms with E-state index in [9.17, 15) is 0 Å². The molecule has 0 aliphatic heterocycles. The second kappa shape index (κ2) is 7.71. The van der Waals surface area contributed by atoms with Crippen molar-refractivity contribution in [3.63, 3.8) is 0 Å². The van der Waals surface area contributed by atoms with E-state index in [1.165, 1.54) is 0 Å². The Morgan fingerprint density at radius 2 is 1.29 bits per heavy atom. The van der Waals surface area contributed by atoms with Crippen LogP contribution >= 0.6 is 0 Å². The number of rotatable bonds is 3. The minimum absolute atomic E-state index is 1.03. The van der Waals surface area contributed by atoms with Crippen molar-refractivity contribution in [1.29, 1.82) is 0 Å². The zero-order chi connectivity index (χ0) is 10.9. The molecule has 0 rings (SSSR count). The van der Waals surface area contributed by atoms with E-state index in [1.54, 1.807) is 0 Å². The molecular formula is C13H22Si. The van der Waals surface area contributed by atoms with Crippen LogP contribution in [-0.2, 0) is 0 Å². The second-order valence-corrected chi connectivity index (χ2v) is 7.66. The van der Waals surface area contributed by atoms with Crippen molar-refractivity contribution in [2.75, 3.05) is 0 Å². The van der Waals surface area contributed by atoms with Crippen LogP contribution in [-0.4, -0.2) is 8.07 Å². The molecule has 0 unspecified atom stereocenters. The maximum absolute atomic E-state index is 3.42. The molecule has 78 valence electrons. The number of hydrogen-bond acceptors (Lipinski definition) is 0. The van der Waals surface area contributed by atoms with Crippen LogP contribution in [0.2, 0.25) is 12.6 Å². The molecule has 0 heterocycles. The maximum atomic E-state index is 3.42. The molecule has 0 spiro atoms. The second-order valence-electron chi connectivity index (χ2n) is 3.79. The molecule has 0 radical (unpaired) electrons. The molecule has 0 aromatic carbocycles. The quantitative estimate of drug-likeness (QED) is 0.487. The highest BCUT2D eigenvalue weighted by molar-refractivity contribution is 6.93. The molecule has 0 amide bonds. The van der Waals surface area contributed by atoms with Crippen molar-refractivity contribution in [1.82, 2.24) is 0 Å². The summed E-state index contributed by atoms with van der Waals surface area (Å²) in [5.74, 6) is 6.53. The van der Waals surface area contributed by atoms with Gasteiger partial charge in [-0.25, -0.2) is 0 Å². The minimum atomic E-state index is -1.52. The first kappa shape index (κ1) is 13.3. The lowest BCUT2D eigenvalue weighted by molar-refractivity contribution is 0.983. The van der Waals surface area contributed by atoms with E-state index in [-0.39, 0.29) is 0 Å². The van der Waals surface area contributed by atoms with Crippen LogP contribution in [0.15, 0.2) is 0 Å². The summed E-state index contributed by atoms with van der Waals surface area (Å²) in [7, 11) is -1.52. The molecule has 0 N–H and O–H groups in total. The van der Waals surface area contributed by atoms with Crippen molar-refractivity contribution in [2.24, 2.45) is 0 Å². The summed E-state index contributed by atoms with van der Waals surface area (Å²) >= 11 is 0. The Hall–Kier alpha value is -0.663. The third-order valence-electron chi connectivity index (χ3n) is 2.19. The Morgan fingerprint density at radius 1 is 0.857 bits per heavy atom. The molecule has 0 saturated carbocycles. The highest BCUT2D eigenvalue weighted by atomic mass is 28.3. The van der Waals surface area contributed by atoms with Crippen molar-refractivity contribution in [3.05, 3.63) is 0 Å². The monoisotopic (exact) mass is 206 g/mol. The van der Waals surface area contributed by atoms with Crippen LogP contribution in [0.3, 0.4) is 0 Å². The molecule has 0 aliphatic rings. The van der Waals surface area contributed by atoms with Gasteiger partial charge in [-0.1, -0.05) is 20.8 Å². The van der Waals surface area contributed by atoms with E-state index >= 15 is 0 Å². The largest absolute Gasteiger partial charge is 0.213 e. The Kier molecular flexibility index (Phi) is 7.35. The maximum Gasteiger partial charge on any atom is 0.213 e. The molecule has 1 heteroatoms. The van der Waals surface area contributed by atoms with Crippen LogP contribution in [0, 0.1) is 22.9 Å². The lowest BCUT2D eigenvalue weighted by atomic mass is 10.4. The normalized spacial score (nSPS) is 9.71. The van der Waals surface area contributed by atoms with Gasteiger partial charge in [-0.05, 0) is 25.4 Å². The van der Waals surface area contributed by atoms with Crippen LogP contribution in [0.25, 0.3) is 0 Å². The molecule has 14 heavy (non-hydrogen) atoms. The molecule has 0 fully saturated rings. The van der Waals surface area contributed by atoms with Gasteiger partial charge in [0.25, 0.3) is 0 Å². The van der Waals surface area contributed by atoms with E-state index in [1.807, 2.05) is 0 Å². The van der Waals surface area contributed by atoms with Crippen molar-refractivity contribution < 1.29 is 0 Å². The van der Waals surface area contributed by atoms with Gasteiger partial charge in [0.05, 0.1) is 0 Å². The average molecular weight is 206 g/mol. The number of hydrogen-bond donors (Lipinski definition) is 0. The minimum Gasteiger partial charge on any atom is -0.116 e. The average Bonchev–Trinajstić information content (AvgIpc) is 2.19. The van der Waals surface area contributed by atoms with E-state index in [0.29, 0.717) is 0 Å². The van der Waals surface area contributed by atoms with Crippen LogP contribution in [0.4, 0.5) is 0 Å². The lowest BCUT2D eigenvalue weighted by Gasteiger charge is -2.09. The summed E-state index contributed by atoms with van der Waals surface area (Å²) < 4.78 is 0. The predicted octanol–water partition coefficient (Wildman–Crippen LogP) is 3.77. The van der Waals surface area contributed by atoms with Crippen LogP contribution in [0.1, 0.15) is 46.5 Å². The van der Waals surface area contributed by atoms with Gasteiger partial charge in [0.2, 0.25) is 8.07 Å². The van der Waals surface area contributed by atoms with Gasteiger partial charge in [0.1, 0.15) is 0 Å². The molecule has 0 nitrogen and oxygen atoms in total. The zero-order valence-electron chi connectivity index (χ0n) is 10.0. The fourth-order valence-corrected chi connectivity index (χ4v) is 2.42. The first-order valence-electron chi connectivity index (χ1n) is 5.68. The van der Waals surface area contributed by atoms with Crippen molar-refractivity contribution >= 4 is 8.07 Å². The smallest absolute Gasteiger partial charge is 0.116 e. The van der Waals surface area contributed by atoms with Gasteiger partial charge in [-0.15, -0.1) is 22.9 Å². The highest BCUT2D eigenvalue weighted by Gasteiger charge is 2.18. The Morgan fingerprint density at radius 3 is 1.57 bits per heavy atom. The van der Waals surface area contributed by atoms with Gasteiger partial charge in [0, 0.05) is 12.8 Å². The highest BCUT2D eigenvalue weighted by Crippen LogP contribution is 2.06. The van der Waals surface area contributed by atoms with Gasteiger partial charge >= 0.3 is 0 Å². The summed E-state index contributed by atoms with van der Waals surface area (Å²) in [6.45, 7) is 8.83. The SMILES string of the molecule is CCCC#C[Si](C)(C#CCCC)CC. The van der Waals surface area contributed by atoms with Crippen molar-refractivity contribution in [2.45, 2.75) is 59.0 Å². The summed E-state index contributed by atoms with van der Waals surface area (Å²) in [5, 5.41) is 0.